The SMILES string of the molecule is COc1ccc(NC(=O)[C@H]2CC[C@@H](n3c(=O)[nH]c4c(OC)cccc43)CC2)cc1F. The number of carbonyl (C=O) groups is 1. The molecule has 1 fully saturated rings. The predicted octanol–water partition coefficient (Wildman–Crippen LogP) is 3.86. The van der Waals surface area contributed by atoms with Gasteiger partial charge in [0.05, 0.1) is 19.7 Å². The highest BCUT2D eigenvalue weighted by Gasteiger charge is 2.29. The number of anilines is 1. The number of fused-ring (bicyclic) bond motifs is 1. The van der Waals surface area contributed by atoms with E-state index in [1.54, 1.807) is 17.7 Å². The van der Waals surface area contributed by atoms with Gasteiger partial charge in [0.15, 0.2) is 11.6 Å². The van der Waals surface area contributed by atoms with E-state index in [1.807, 2.05) is 18.2 Å². The maximum atomic E-state index is 13.9. The van der Waals surface area contributed by atoms with Crippen LogP contribution in [-0.2, 0) is 4.79 Å². The molecule has 0 saturated heterocycles. The standard InChI is InChI=1S/C22H24FN3O4/c1-29-18-11-8-14(12-16(18)23)24-21(27)13-6-9-15(10-7-13)26-17-4-3-5-19(30-2)20(17)25-22(26)28/h3-5,8,11-13,15H,6-7,9-10H2,1-2H3,(H,24,27)(H,25,28)/t13-,15+. The largest absolute Gasteiger partial charge is 0.494 e. The third-order valence-corrected chi connectivity index (χ3v) is 5.79. The van der Waals surface area contributed by atoms with Gasteiger partial charge >= 0.3 is 5.69 Å². The van der Waals surface area contributed by atoms with Crippen LogP contribution in [-0.4, -0.2) is 29.7 Å². The van der Waals surface area contributed by atoms with E-state index in [4.69, 9.17) is 9.47 Å². The van der Waals surface area contributed by atoms with Crippen molar-refractivity contribution in [2.75, 3.05) is 19.5 Å². The fraction of sp³-hybridized carbons (Fsp3) is 0.364. The van der Waals surface area contributed by atoms with Crippen molar-refractivity contribution >= 4 is 22.6 Å². The molecule has 0 bridgehead atoms. The summed E-state index contributed by atoms with van der Waals surface area (Å²) in [5, 5.41) is 2.78. The third kappa shape index (κ3) is 3.65. The van der Waals surface area contributed by atoms with Crippen LogP contribution in [0.25, 0.3) is 11.0 Å². The molecule has 158 valence electrons. The Labute approximate surface area is 172 Å². The van der Waals surface area contributed by atoms with Crippen LogP contribution in [0.4, 0.5) is 10.1 Å². The molecule has 30 heavy (non-hydrogen) atoms. The van der Waals surface area contributed by atoms with Crippen LogP contribution in [0.3, 0.4) is 0 Å². The normalized spacial score (nSPS) is 18.9. The van der Waals surface area contributed by atoms with Gasteiger partial charge in [-0.2, -0.15) is 0 Å². The van der Waals surface area contributed by atoms with E-state index < -0.39 is 5.82 Å². The quantitative estimate of drug-likeness (QED) is 0.665. The molecule has 0 unspecified atom stereocenters. The van der Waals surface area contributed by atoms with Crippen LogP contribution in [0.15, 0.2) is 41.2 Å². The number of carbonyl (C=O) groups excluding carboxylic acids is 1. The maximum absolute atomic E-state index is 13.9. The monoisotopic (exact) mass is 413 g/mol. The summed E-state index contributed by atoms with van der Waals surface area (Å²) in [4.78, 5) is 28.1. The van der Waals surface area contributed by atoms with E-state index in [1.165, 1.54) is 19.2 Å². The fourth-order valence-electron chi connectivity index (χ4n) is 4.24. The molecule has 1 amide bonds. The molecule has 1 aromatic heterocycles. The zero-order valence-electron chi connectivity index (χ0n) is 16.9. The number of aromatic nitrogens is 2. The van der Waals surface area contributed by atoms with Gasteiger partial charge in [0.25, 0.3) is 0 Å². The number of methoxy groups -OCH3 is 2. The molecule has 1 saturated carbocycles. The molecule has 1 heterocycles. The fourth-order valence-corrected chi connectivity index (χ4v) is 4.24. The number of ether oxygens (including phenoxy) is 2. The Balaban J connectivity index is 1.45. The number of aromatic amines is 1. The molecule has 0 spiro atoms. The zero-order chi connectivity index (χ0) is 21.3. The summed E-state index contributed by atoms with van der Waals surface area (Å²) >= 11 is 0. The second kappa shape index (κ2) is 8.22. The van der Waals surface area contributed by atoms with Crippen molar-refractivity contribution in [1.29, 1.82) is 0 Å². The lowest BCUT2D eigenvalue weighted by atomic mass is 9.85. The van der Waals surface area contributed by atoms with E-state index in [0.29, 0.717) is 42.6 Å². The average molecular weight is 413 g/mol. The van der Waals surface area contributed by atoms with E-state index in [9.17, 15) is 14.0 Å². The molecule has 2 aromatic carbocycles. The Morgan fingerprint density at radius 3 is 2.50 bits per heavy atom. The lowest BCUT2D eigenvalue weighted by Crippen LogP contribution is -2.31. The molecule has 1 aliphatic rings. The van der Waals surface area contributed by atoms with Gasteiger partial charge in [-0.05, 0) is 49.9 Å². The number of hydrogen-bond donors (Lipinski definition) is 2. The summed E-state index contributed by atoms with van der Waals surface area (Å²) in [5.41, 5.74) is 1.73. The van der Waals surface area contributed by atoms with Crippen molar-refractivity contribution in [3.05, 3.63) is 52.7 Å². The number of hydrogen-bond acceptors (Lipinski definition) is 4. The van der Waals surface area contributed by atoms with Crippen molar-refractivity contribution in [3.63, 3.8) is 0 Å². The van der Waals surface area contributed by atoms with Gasteiger partial charge in [-0.3, -0.25) is 9.36 Å². The Morgan fingerprint density at radius 2 is 1.83 bits per heavy atom. The number of nitrogens with zero attached hydrogens (tertiary/aromatic N) is 1. The van der Waals surface area contributed by atoms with Crippen LogP contribution in [0.2, 0.25) is 0 Å². The van der Waals surface area contributed by atoms with Crippen LogP contribution >= 0.6 is 0 Å². The lowest BCUT2D eigenvalue weighted by molar-refractivity contribution is -0.121. The minimum Gasteiger partial charge on any atom is -0.494 e. The third-order valence-electron chi connectivity index (χ3n) is 5.79. The van der Waals surface area contributed by atoms with E-state index in [0.717, 1.165) is 5.52 Å². The number of rotatable bonds is 5. The molecular weight excluding hydrogens is 389 g/mol. The van der Waals surface area contributed by atoms with Crippen molar-refractivity contribution < 1.29 is 18.7 Å². The number of benzene rings is 2. The van der Waals surface area contributed by atoms with Crippen LogP contribution in [0, 0.1) is 11.7 Å². The summed E-state index contributed by atoms with van der Waals surface area (Å²) in [5.74, 6) is -0.0709. The van der Waals surface area contributed by atoms with Gasteiger partial charge < -0.3 is 19.8 Å². The molecular formula is C22H24FN3O4. The number of halogens is 1. The van der Waals surface area contributed by atoms with Gasteiger partial charge in [-0.1, -0.05) is 6.07 Å². The van der Waals surface area contributed by atoms with Gasteiger partial charge in [-0.15, -0.1) is 0 Å². The van der Waals surface area contributed by atoms with E-state index in [-0.39, 0.29) is 29.3 Å². The van der Waals surface area contributed by atoms with Gasteiger partial charge in [0.1, 0.15) is 11.3 Å². The Morgan fingerprint density at radius 1 is 1.10 bits per heavy atom. The number of nitrogens with one attached hydrogen (secondary N) is 2. The van der Waals surface area contributed by atoms with Crippen LogP contribution in [0.1, 0.15) is 31.7 Å². The van der Waals surface area contributed by atoms with Gasteiger partial charge in [0.2, 0.25) is 5.91 Å². The zero-order valence-corrected chi connectivity index (χ0v) is 16.9. The molecule has 0 aliphatic heterocycles. The summed E-state index contributed by atoms with van der Waals surface area (Å²) in [6, 6.07) is 9.93. The first-order valence-corrected chi connectivity index (χ1v) is 9.93. The molecule has 1 aliphatic carbocycles. The summed E-state index contributed by atoms with van der Waals surface area (Å²) in [6.07, 6.45) is 2.72. The minimum atomic E-state index is -0.520. The number of imidazole rings is 1. The van der Waals surface area contributed by atoms with Crippen molar-refractivity contribution in [2.45, 2.75) is 31.7 Å². The maximum Gasteiger partial charge on any atom is 0.326 e. The highest BCUT2D eigenvalue weighted by molar-refractivity contribution is 5.92. The smallest absolute Gasteiger partial charge is 0.326 e. The van der Waals surface area contributed by atoms with Crippen LogP contribution in [0.5, 0.6) is 11.5 Å². The first-order valence-electron chi connectivity index (χ1n) is 9.93. The average Bonchev–Trinajstić information content (AvgIpc) is 3.09. The second-order valence-electron chi connectivity index (χ2n) is 7.50. The molecule has 0 radical (unpaired) electrons. The summed E-state index contributed by atoms with van der Waals surface area (Å²) < 4.78 is 25.9. The molecule has 2 N–H and O–H groups in total. The number of H-pyrrole nitrogens is 1. The van der Waals surface area contributed by atoms with E-state index >= 15 is 0 Å². The van der Waals surface area contributed by atoms with Crippen LogP contribution < -0.4 is 20.5 Å². The molecule has 4 rings (SSSR count). The highest BCUT2D eigenvalue weighted by Crippen LogP contribution is 2.35. The van der Waals surface area contributed by atoms with Gasteiger partial charge in [0, 0.05) is 23.7 Å². The highest BCUT2D eigenvalue weighted by atomic mass is 19.1. The topological polar surface area (TPSA) is 85.4 Å². The lowest BCUT2D eigenvalue weighted by Gasteiger charge is -2.28. The van der Waals surface area contributed by atoms with E-state index in [2.05, 4.69) is 10.3 Å². The minimum absolute atomic E-state index is 0.0147. The Hall–Kier alpha value is -3.29. The number of para-hydroxylation sites is 1. The summed E-state index contributed by atoms with van der Waals surface area (Å²) in [6.45, 7) is 0. The number of amides is 1. The molecule has 0 atom stereocenters. The molecule has 3 aromatic rings. The summed E-state index contributed by atoms with van der Waals surface area (Å²) in [7, 11) is 2.97. The first-order chi connectivity index (χ1) is 14.5. The van der Waals surface area contributed by atoms with Crippen molar-refractivity contribution in [3.8, 4) is 11.5 Å². The van der Waals surface area contributed by atoms with Crippen molar-refractivity contribution in [2.24, 2.45) is 5.92 Å². The predicted molar refractivity (Wildman–Crippen MR) is 112 cm³/mol. The Kier molecular flexibility index (Phi) is 5.48. The molecule has 8 heteroatoms. The first kappa shape index (κ1) is 20.0. The Bertz CT molecular complexity index is 1130. The molecule has 7 nitrogen and oxygen atoms in total. The van der Waals surface area contributed by atoms with Crippen molar-refractivity contribution in [1.82, 2.24) is 9.55 Å². The second-order valence-corrected chi connectivity index (χ2v) is 7.50. The van der Waals surface area contributed by atoms with Gasteiger partial charge in [-0.25, -0.2) is 9.18 Å².